The van der Waals surface area contributed by atoms with Gasteiger partial charge in [-0.25, -0.2) is 22.9 Å². The van der Waals surface area contributed by atoms with Crippen LogP contribution in [0.5, 0.6) is 0 Å². The summed E-state index contributed by atoms with van der Waals surface area (Å²) in [6.07, 6.45) is 0. The van der Waals surface area contributed by atoms with Crippen LogP contribution in [0.2, 0.25) is 5.02 Å². The van der Waals surface area contributed by atoms with Gasteiger partial charge in [-0.3, -0.25) is 0 Å². The molecule has 1 aromatic heterocycles. The summed E-state index contributed by atoms with van der Waals surface area (Å²) in [5, 5.41) is 2.69. The first-order valence-electron chi connectivity index (χ1n) is 8.26. The van der Waals surface area contributed by atoms with Crippen LogP contribution in [0.1, 0.15) is 26.6 Å². The van der Waals surface area contributed by atoms with Crippen molar-refractivity contribution in [1.82, 2.24) is 9.71 Å². The van der Waals surface area contributed by atoms with Gasteiger partial charge in [-0.05, 0) is 30.7 Å². The van der Waals surface area contributed by atoms with Gasteiger partial charge in [0.25, 0.3) is 0 Å². The van der Waals surface area contributed by atoms with E-state index in [0.717, 1.165) is 10.6 Å². The number of benzene rings is 2. The Hall–Kier alpha value is -2.26. The van der Waals surface area contributed by atoms with Crippen molar-refractivity contribution in [2.75, 3.05) is 0 Å². The number of thiazole rings is 1. The standard InChI is InChI=1S/C19H17ClN2O4S2/c1-13-22-16(12-27-13)11-26-19(23)15-7-8-17(20)18(9-15)28(24,25)21-10-14-5-3-2-4-6-14/h2-9,12,21H,10-11H2,1H3. The van der Waals surface area contributed by atoms with E-state index in [0.29, 0.717) is 5.69 Å². The summed E-state index contributed by atoms with van der Waals surface area (Å²) in [4.78, 5) is 16.3. The molecule has 28 heavy (non-hydrogen) atoms. The van der Waals surface area contributed by atoms with Gasteiger partial charge in [0.1, 0.15) is 11.5 Å². The van der Waals surface area contributed by atoms with Gasteiger partial charge >= 0.3 is 5.97 Å². The van der Waals surface area contributed by atoms with E-state index < -0.39 is 16.0 Å². The van der Waals surface area contributed by atoms with E-state index in [2.05, 4.69) is 9.71 Å². The molecule has 9 heteroatoms. The molecule has 0 spiro atoms. The van der Waals surface area contributed by atoms with Crippen molar-refractivity contribution in [2.45, 2.75) is 25.0 Å². The Morgan fingerprint density at radius 1 is 1.21 bits per heavy atom. The van der Waals surface area contributed by atoms with Crippen LogP contribution in [0.25, 0.3) is 0 Å². The van der Waals surface area contributed by atoms with Gasteiger partial charge < -0.3 is 4.74 Å². The van der Waals surface area contributed by atoms with E-state index >= 15 is 0 Å². The van der Waals surface area contributed by atoms with Crippen LogP contribution in [0.3, 0.4) is 0 Å². The summed E-state index contributed by atoms with van der Waals surface area (Å²) >= 11 is 7.52. The normalized spacial score (nSPS) is 11.4. The second-order valence-electron chi connectivity index (χ2n) is 5.89. The number of esters is 1. The highest BCUT2D eigenvalue weighted by Crippen LogP contribution is 2.23. The molecular formula is C19H17ClN2O4S2. The fourth-order valence-electron chi connectivity index (χ4n) is 2.39. The summed E-state index contributed by atoms with van der Waals surface area (Å²) in [5.41, 5.74) is 1.54. The van der Waals surface area contributed by atoms with Crippen LogP contribution in [-0.4, -0.2) is 19.4 Å². The maximum atomic E-state index is 12.6. The second-order valence-corrected chi connectivity index (χ2v) is 9.09. The van der Waals surface area contributed by atoms with Crippen LogP contribution >= 0.6 is 22.9 Å². The zero-order chi connectivity index (χ0) is 20.1. The lowest BCUT2D eigenvalue weighted by molar-refractivity contribution is 0.0468. The molecule has 0 saturated heterocycles. The molecule has 0 saturated carbocycles. The molecule has 0 fully saturated rings. The number of aryl methyl sites for hydroxylation is 1. The largest absolute Gasteiger partial charge is 0.456 e. The van der Waals surface area contributed by atoms with Gasteiger partial charge in [-0.1, -0.05) is 41.9 Å². The molecule has 3 aromatic rings. The SMILES string of the molecule is Cc1nc(COC(=O)c2ccc(Cl)c(S(=O)(=O)NCc3ccccc3)c2)cs1. The highest BCUT2D eigenvalue weighted by molar-refractivity contribution is 7.89. The number of sulfonamides is 1. The van der Waals surface area contributed by atoms with Gasteiger partial charge in [-0.2, -0.15) is 0 Å². The fraction of sp³-hybridized carbons (Fsp3) is 0.158. The van der Waals surface area contributed by atoms with Gasteiger partial charge in [-0.15, -0.1) is 11.3 Å². The third kappa shape index (κ3) is 5.17. The number of aromatic nitrogens is 1. The first-order chi connectivity index (χ1) is 13.3. The molecule has 1 heterocycles. The number of hydrogen-bond donors (Lipinski definition) is 1. The van der Waals surface area contributed by atoms with Crippen molar-refractivity contribution in [3.8, 4) is 0 Å². The first-order valence-corrected chi connectivity index (χ1v) is 11.0. The number of hydrogen-bond acceptors (Lipinski definition) is 6. The molecule has 2 aromatic carbocycles. The maximum Gasteiger partial charge on any atom is 0.338 e. The maximum absolute atomic E-state index is 12.6. The predicted octanol–water partition coefficient (Wildman–Crippen LogP) is 3.94. The Bertz CT molecular complexity index is 1080. The molecular weight excluding hydrogens is 420 g/mol. The summed E-state index contributed by atoms with van der Waals surface area (Å²) < 4.78 is 33.0. The molecule has 0 bridgehead atoms. The molecule has 0 aliphatic heterocycles. The predicted molar refractivity (Wildman–Crippen MR) is 108 cm³/mol. The number of halogens is 1. The number of nitrogens with one attached hydrogen (secondary N) is 1. The molecule has 0 amide bonds. The zero-order valence-electron chi connectivity index (χ0n) is 14.9. The van der Waals surface area contributed by atoms with Crippen LogP contribution in [0.4, 0.5) is 0 Å². The number of carbonyl (C=O) groups is 1. The number of nitrogens with zero attached hydrogens (tertiary/aromatic N) is 1. The van der Waals surface area contributed by atoms with Crippen molar-refractivity contribution in [3.63, 3.8) is 0 Å². The quantitative estimate of drug-likeness (QED) is 0.567. The van der Waals surface area contributed by atoms with Crippen molar-refractivity contribution in [1.29, 1.82) is 0 Å². The zero-order valence-corrected chi connectivity index (χ0v) is 17.3. The molecule has 0 aliphatic carbocycles. The van der Waals surface area contributed by atoms with Crippen LogP contribution in [0, 0.1) is 6.92 Å². The molecule has 146 valence electrons. The minimum atomic E-state index is -3.91. The highest BCUT2D eigenvalue weighted by Gasteiger charge is 2.20. The topological polar surface area (TPSA) is 85.4 Å². The fourth-order valence-corrected chi connectivity index (χ4v) is 4.52. The molecule has 0 unspecified atom stereocenters. The molecule has 6 nitrogen and oxygen atoms in total. The van der Waals surface area contributed by atoms with Gasteiger partial charge in [0, 0.05) is 11.9 Å². The van der Waals surface area contributed by atoms with Crippen molar-refractivity contribution < 1.29 is 17.9 Å². The Morgan fingerprint density at radius 3 is 2.64 bits per heavy atom. The van der Waals surface area contributed by atoms with E-state index in [9.17, 15) is 13.2 Å². The lowest BCUT2D eigenvalue weighted by Crippen LogP contribution is -2.24. The summed E-state index contributed by atoms with van der Waals surface area (Å²) in [6, 6.07) is 13.1. The minimum absolute atomic E-state index is 0.0140. The number of ether oxygens (including phenoxy) is 1. The van der Waals surface area contributed by atoms with Gasteiger partial charge in [0.15, 0.2) is 0 Å². The second kappa shape index (κ2) is 8.83. The van der Waals surface area contributed by atoms with Crippen molar-refractivity contribution in [3.05, 3.63) is 80.8 Å². The molecule has 0 radical (unpaired) electrons. The Labute approximate surface area is 172 Å². The highest BCUT2D eigenvalue weighted by atomic mass is 35.5. The lowest BCUT2D eigenvalue weighted by Gasteiger charge is -2.10. The lowest BCUT2D eigenvalue weighted by atomic mass is 10.2. The van der Waals surface area contributed by atoms with E-state index in [1.165, 1.54) is 29.5 Å². The van der Waals surface area contributed by atoms with Gasteiger partial charge in [0.2, 0.25) is 10.0 Å². The minimum Gasteiger partial charge on any atom is -0.456 e. The smallest absolute Gasteiger partial charge is 0.338 e. The van der Waals surface area contributed by atoms with Crippen LogP contribution < -0.4 is 4.72 Å². The van der Waals surface area contributed by atoms with Crippen LogP contribution in [0.15, 0.2) is 58.8 Å². The van der Waals surface area contributed by atoms with E-state index in [-0.39, 0.29) is 28.6 Å². The number of carbonyl (C=O) groups excluding carboxylic acids is 1. The molecule has 1 N–H and O–H groups in total. The number of rotatable bonds is 7. The molecule has 0 aliphatic rings. The molecule has 0 atom stereocenters. The monoisotopic (exact) mass is 436 g/mol. The third-order valence-electron chi connectivity index (χ3n) is 3.78. The Kier molecular flexibility index (Phi) is 6.46. The average molecular weight is 437 g/mol. The van der Waals surface area contributed by atoms with E-state index in [1.54, 1.807) is 17.5 Å². The third-order valence-corrected chi connectivity index (χ3v) is 6.49. The Morgan fingerprint density at radius 2 is 1.96 bits per heavy atom. The van der Waals surface area contributed by atoms with Crippen LogP contribution in [-0.2, 0) is 27.9 Å². The Balaban J connectivity index is 1.73. The van der Waals surface area contributed by atoms with Crippen molar-refractivity contribution in [2.24, 2.45) is 0 Å². The molecule has 3 rings (SSSR count). The van der Waals surface area contributed by atoms with E-state index in [1.807, 2.05) is 25.1 Å². The van der Waals surface area contributed by atoms with E-state index in [4.69, 9.17) is 16.3 Å². The van der Waals surface area contributed by atoms with Crippen molar-refractivity contribution >= 4 is 38.9 Å². The first kappa shape index (κ1) is 20.5. The van der Waals surface area contributed by atoms with Gasteiger partial charge in [0.05, 0.1) is 21.3 Å². The summed E-state index contributed by atoms with van der Waals surface area (Å²) in [6.45, 7) is 1.98. The summed E-state index contributed by atoms with van der Waals surface area (Å²) in [7, 11) is -3.91. The summed E-state index contributed by atoms with van der Waals surface area (Å²) in [5.74, 6) is -0.651. The average Bonchev–Trinajstić information content (AvgIpc) is 3.11.